The van der Waals surface area contributed by atoms with Crippen LogP contribution in [-0.2, 0) is 4.74 Å². The zero-order valence-corrected chi connectivity index (χ0v) is 13.3. The summed E-state index contributed by atoms with van der Waals surface area (Å²) in [6.45, 7) is 2.97. The van der Waals surface area contributed by atoms with E-state index in [1.54, 1.807) is 36.6 Å². The van der Waals surface area contributed by atoms with E-state index in [1.165, 1.54) is 11.3 Å². The Balaban J connectivity index is 1.77. The van der Waals surface area contributed by atoms with E-state index in [-0.39, 0.29) is 12.5 Å². The van der Waals surface area contributed by atoms with Crippen molar-refractivity contribution in [2.75, 3.05) is 25.1 Å². The van der Waals surface area contributed by atoms with Crippen molar-refractivity contribution in [1.29, 1.82) is 0 Å². The maximum atomic E-state index is 12.4. The number of amides is 1. The van der Waals surface area contributed by atoms with Crippen LogP contribution in [-0.4, -0.2) is 31.7 Å². The van der Waals surface area contributed by atoms with E-state index in [0.29, 0.717) is 40.8 Å². The number of carbonyl (C=O) groups excluding carboxylic acids is 2. The van der Waals surface area contributed by atoms with Crippen LogP contribution in [0.15, 0.2) is 29.6 Å². The highest BCUT2D eigenvalue weighted by Gasteiger charge is 2.19. The Hall–Kier alpha value is -2.54. The van der Waals surface area contributed by atoms with Crippen molar-refractivity contribution in [3.63, 3.8) is 0 Å². The van der Waals surface area contributed by atoms with Crippen LogP contribution in [0.25, 0.3) is 0 Å². The number of anilines is 1. The first-order valence-corrected chi connectivity index (χ1v) is 8.02. The number of rotatable bonds is 4. The van der Waals surface area contributed by atoms with E-state index in [1.807, 2.05) is 0 Å². The van der Waals surface area contributed by atoms with Gasteiger partial charge in [0.15, 0.2) is 11.5 Å². The predicted molar refractivity (Wildman–Crippen MR) is 85.7 cm³/mol. The van der Waals surface area contributed by atoms with E-state index < -0.39 is 5.97 Å². The van der Waals surface area contributed by atoms with Gasteiger partial charge in [0.05, 0.1) is 12.2 Å². The van der Waals surface area contributed by atoms with Crippen molar-refractivity contribution in [3.8, 4) is 11.5 Å². The SMILES string of the molecule is CCOC(=O)c1ccsc1NC(=O)c1ccc2c(c1)OCCO2. The molecule has 1 aromatic heterocycles. The molecule has 1 N–H and O–H groups in total. The number of hydrogen-bond donors (Lipinski definition) is 1. The number of fused-ring (bicyclic) bond motifs is 1. The van der Waals surface area contributed by atoms with Crippen LogP contribution in [0.4, 0.5) is 5.00 Å². The molecule has 1 aromatic carbocycles. The molecule has 1 aliphatic heterocycles. The monoisotopic (exact) mass is 333 g/mol. The predicted octanol–water partition coefficient (Wildman–Crippen LogP) is 2.95. The molecule has 2 heterocycles. The second-order valence-electron chi connectivity index (χ2n) is 4.70. The third kappa shape index (κ3) is 3.29. The average molecular weight is 333 g/mol. The van der Waals surface area contributed by atoms with Gasteiger partial charge in [0, 0.05) is 5.56 Å². The van der Waals surface area contributed by atoms with Gasteiger partial charge in [0.25, 0.3) is 5.91 Å². The van der Waals surface area contributed by atoms with Crippen LogP contribution in [0.5, 0.6) is 11.5 Å². The van der Waals surface area contributed by atoms with Gasteiger partial charge in [-0.1, -0.05) is 0 Å². The van der Waals surface area contributed by atoms with Crippen molar-refractivity contribution in [2.45, 2.75) is 6.92 Å². The van der Waals surface area contributed by atoms with E-state index in [0.717, 1.165) is 0 Å². The first-order valence-electron chi connectivity index (χ1n) is 7.14. The van der Waals surface area contributed by atoms with Gasteiger partial charge in [0.2, 0.25) is 0 Å². The second-order valence-corrected chi connectivity index (χ2v) is 5.61. The molecule has 6 nitrogen and oxygen atoms in total. The molecule has 0 bridgehead atoms. The number of thiophene rings is 1. The summed E-state index contributed by atoms with van der Waals surface area (Å²) >= 11 is 1.27. The third-order valence-electron chi connectivity index (χ3n) is 3.19. The third-order valence-corrected chi connectivity index (χ3v) is 4.02. The summed E-state index contributed by atoms with van der Waals surface area (Å²) in [6, 6.07) is 6.61. The lowest BCUT2D eigenvalue weighted by Gasteiger charge is -2.18. The van der Waals surface area contributed by atoms with Crippen molar-refractivity contribution in [2.24, 2.45) is 0 Å². The van der Waals surface area contributed by atoms with Crippen LogP contribution in [0.2, 0.25) is 0 Å². The Morgan fingerprint density at radius 3 is 2.78 bits per heavy atom. The fourth-order valence-electron chi connectivity index (χ4n) is 2.14. The van der Waals surface area contributed by atoms with Crippen molar-refractivity contribution in [1.82, 2.24) is 0 Å². The molecule has 120 valence electrons. The second kappa shape index (κ2) is 6.70. The van der Waals surface area contributed by atoms with Gasteiger partial charge in [-0.25, -0.2) is 4.79 Å². The average Bonchev–Trinajstić information content (AvgIpc) is 3.03. The number of carbonyl (C=O) groups is 2. The summed E-state index contributed by atoms with van der Waals surface area (Å²) in [5, 5.41) is 4.92. The number of ether oxygens (including phenoxy) is 3. The summed E-state index contributed by atoms with van der Waals surface area (Å²) in [4.78, 5) is 24.2. The number of nitrogens with one attached hydrogen (secondary N) is 1. The minimum atomic E-state index is -0.453. The van der Waals surface area contributed by atoms with Gasteiger partial charge in [-0.15, -0.1) is 11.3 Å². The maximum Gasteiger partial charge on any atom is 0.341 e. The van der Waals surface area contributed by atoms with Gasteiger partial charge in [-0.05, 0) is 36.6 Å². The molecule has 1 aliphatic rings. The molecule has 0 saturated carbocycles. The lowest BCUT2D eigenvalue weighted by Crippen LogP contribution is -2.17. The quantitative estimate of drug-likeness (QED) is 0.871. The lowest BCUT2D eigenvalue weighted by atomic mass is 10.2. The molecule has 0 saturated heterocycles. The molecule has 0 aliphatic carbocycles. The Labute approximate surface area is 137 Å². The molecule has 2 aromatic rings. The summed E-state index contributed by atoms with van der Waals surface area (Å²) in [5.74, 6) is 0.387. The van der Waals surface area contributed by atoms with Crippen LogP contribution < -0.4 is 14.8 Å². The molecule has 0 atom stereocenters. The summed E-state index contributed by atoms with van der Waals surface area (Å²) in [6.07, 6.45) is 0. The first kappa shape index (κ1) is 15.4. The molecule has 23 heavy (non-hydrogen) atoms. The van der Waals surface area contributed by atoms with Gasteiger partial charge in [0.1, 0.15) is 18.2 Å². The van der Waals surface area contributed by atoms with Crippen LogP contribution in [0.1, 0.15) is 27.6 Å². The van der Waals surface area contributed by atoms with Crippen molar-refractivity contribution in [3.05, 3.63) is 40.8 Å². The number of hydrogen-bond acceptors (Lipinski definition) is 6. The van der Waals surface area contributed by atoms with Gasteiger partial charge in [-0.2, -0.15) is 0 Å². The van der Waals surface area contributed by atoms with Crippen LogP contribution >= 0.6 is 11.3 Å². The Bertz CT molecular complexity index is 740. The van der Waals surface area contributed by atoms with Gasteiger partial charge in [-0.3, -0.25) is 4.79 Å². The Morgan fingerprint density at radius 1 is 1.22 bits per heavy atom. The molecule has 0 unspecified atom stereocenters. The molecule has 3 rings (SSSR count). The highest BCUT2D eigenvalue weighted by atomic mass is 32.1. The fraction of sp³-hybridized carbons (Fsp3) is 0.250. The summed E-state index contributed by atoms with van der Waals surface area (Å²) < 4.78 is 15.9. The smallest absolute Gasteiger partial charge is 0.341 e. The normalized spacial score (nSPS) is 12.6. The topological polar surface area (TPSA) is 73.9 Å². The number of benzene rings is 1. The first-order chi connectivity index (χ1) is 11.2. The van der Waals surface area contributed by atoms with E-state index in [9.17, 15) is 9.59 Å². The number of esters is 1. The molecule has 0 spiro atoms. The Kier molecular flexibility index (Phi) is 4.47. The molecule has 1 amide bonds. The highest BCUT2D eigenvalue weighted by molar-refractivity contribution is 7.14. The molecular formula is C16H15NO5S. The summed E-state index contributed by atoms with van der Waals surface area (Å²) in [5.41, 5.74) is 0.778. The van der Waals surface area contributed by atoms with Crippen LogP contribution in [0, 0.1) is 0 Å². The fourth-order valence-corrected chi connectivity index (χ4v) is 2.91. The minimum Gasteiger partial charge on any atom is -0.486 e. The maximum absolute atomic E-state index is 12.4. The van der Waals surface area contributed by atoms with E-state index in [2.05, 4.69) is 5.32 Å². The standard InChI is InChI=1S/C16H15NO5S/c1-2-20-16(19)11-5-8-23-15(11)17-14(18)10-3-4-12-13(9-10)22-7-6-21-12/h3-5,8-9H,2,6-7H2,1H3,(H,17,18). The van der Waals surface area contributed by atoms with E-state index in [4.69, 9.17) is 14.2 Å². The largest absolute Gasteiger partial charge is 0.486 e. The minimum absolute atomic E-state index is 0.282. The van der Waals surface area contributed by atoms with Gasteiger partial charge >= 0.3 is 5.97 Å². The molecule has 0 fully saturated rings. The van der Waals surface area contributed by atoms with Crippen molar-refractivity contribution < 1.29 is 23.8 Å². The summed E-state index contributed by atoms with van der Waals surface area (Å²) in [7, 11) is 0. The van der Waals surface area contributed by atoms with Gasteiger partial charge < -0.3 is 19.5 Å². The zero-order chi connectivity index (χ0) is 16.2. The molecule has 0 radical (unpaired) electrons. The lowest BCUT2D eigenvalue weighted by molar-refractivity contribution is 0.0528. The van der Waals surface area contributed by atoms with Crippen LogP contribution in [0.3, 0.4) is 0 Å². The van der Waals surface area contributed by atoms with E-state index >= 15 is 0 Å². The highest BCUT2D eigenvalue weighted by Crippen LogP contribution is 2.31. The zero-order valence-electron chi connectivity index (χ0n) is 12.5. The molecular weight excluding hydrogens is 318 g/mol. The van der Waals surface area contributed by atoms with Crippen molar-refractivity contribution >= 4 is 28.2 Å². The molecule has 7 heteroatoms. The Morgan fingerprint density at radius 2 is 2.00 bits per heavy atom.